The first-order valence-corrected chi connectivity index (χ1v) is 16.0. The number of ether oxygens (including phenoxy) is 1. The van der Waals surface area contributed by atoms with Crippen LogP contribution in [0.15, 0.2) is 53.6 Å². The quantitative estimate of drug-likeness (QED) is 0.137. The second-order valence-corrected chi connectivity index (χ2v) is 14.3. The number of aliphatic hydroxyl groups is 1. The topological polar surface area (TPSA) is 77.2 Å². The molecule has 250 valence electrons. The second kappa shape index (κ2) is 14.6. The zero-order valence-corrected chi connectivity index (χ0v) is 28.1. The van der Waals surface area contributed by atoms with Gasteiger partial charge in [0.15, 0.2) is 23.3 Å². The molecule has 1 N–H and O–H groups in total. The molecule has 2 aliphatic rings. The number of carbonyl (C=O) groups is 1. The minimum Gasteiger partial charge on any atom is -0.460 e. The minimum absolute atomic E-state index is 0.0114. The van der Waals surface area contributed by atoms with Crippen LogP contribution in [-0.2, 0) is 29.1 Å². The number of esters is 1. The summed E-state index contributed by atoms with van der Waals surface area (Å²) in [5, 5.41) is 16.5. The zero-order valence-electron chi connectivity index (χ0n) is 25.8. The Morgan fingerprint density at radius 1 is 1.11 bits per heavy atom. The van der Waals surface area contributed by atoms with Crippen LogP contribution >= 0.6 is 34.8 Å². The molecule has 2 aromatic carbocycles. The number of allylic oxidation sites excluding steroid dienone is 1. The summed E-state index contributed by atoms with van der Waals surface area (Å²) in [6.07, 6.45) is 7.64. The molecule has 5 atom stereocenters. The van der Waals surface area contributed by atoms with Gasteiger partial charge >= 0.3 is 5.97 Å². The van der Waals surface area contributed by atoms with Crippen molar-refractivity contribution in [3.63, 3.8) is 0 Å². The number of benzene rings is 2. The van der Waals surface area contributed by atoms with Crippen LogP contribution in [0.25, 0.3) is 0 Å². The molecule has 2 fully saturated rings. The Balaban J connectivity index is 0.000000209. The maximum Gasteiger partial charge on any atom is 0.310 e. The van der Waals surface area contributed by atoms with Crippen molar-refractivity contribution in [3.8, 4) is 0 Å². The molecule has 0 bridgehead atoms. The summed E-state index contributed by atoms with van der Waals surface area (Å²) in [5.41, 5.74) is -0.990. The Bertz CT molecular complexity index is 1520. The molecule has 0 amide bonds. The fourth-order valence-corrected chi connectivity index (χ4v) is 7.05. The third-order valence-corrected chi connectivity index (χ3v) is 9.79. The fraction of sp³-hybridized carbons (Fsp3) is 0.485. The largest absolute Gasteiger partial charge is 0.460 e. The van der Waals surface area contributed by atoms with Crippen molar-refractivity contribution in [1.82, 2.24) is 14.8 Å². The molecule has 1 heterocycles. The number of hydrogen-bond acceptors (Lipinski definition) is 5. The number of nitrogens with zero attached hydrogens (tertiary/aromatic N) is 3. The third kappa shape index (κ3) is 8.06. The molecule has 3 aromatic rings. The molecular weight excluding hydrogens is 669 g/mol. The lowest BCUT2D eigenvalue weighted by molar-refractivity contribution is -0.147. The van der Waals surface area contributed by atoms with Crippen molar-refractivity contribution < 1.29 is 32.2 Å². The van der Waals surface area contributed by atoms with E-state index in [1.165, 1.54) is 18.0 Å². The van der Waals surface area contributed by atoms with Crippen molar-refractivity contribution in [2.45, 2.75) is 65.7 Å². The van der Waals surface area contributed by atoms with E-state index in [2.05, 4.69) is 36.1 Å². The Kier molecular flexibility index (Phi) is 11.5. The predicted octanol–water partition coefficient (Wildman–Crippen LogP) is 8.46. The number of aromatic nitrogens is 3. The Morgan fingerprint density at radius 2 is 1.74 bits per heavy atom. The van der Waals surface area contributed by atoms with Crippen molar-refractivity contribution in [2.24, 2.45) is 35.0 Å². The van der Waals surface area contributed by atoms with Crippen LogP contribution in [0.5, 0.6) is 0 Å². The van der Waals surface area contributed by atoms with E-state index < -0.39 is 58.3 Å². The molecule has 1 aromatic heterocycles. The molecular formula is C33H36Cl3F4N3O3. The zero-order chi connectivity index (χ0) is 34.0. The van der Waals surface area contributed by atoms with Crippen LogP contribution in [0.3, 0.4) is 0 Å². The van der Waals surface area contributed by atoms with E-state index in [0.29, 0.717) is 12.5 Å². The highest BCUT2D eigenvalue weighted by atomic mass is 35.5. The first-order valence-electron chi connectivity index (χ1n) is 14.9. The summed E-state index contributed by atoms with van der Waals surface area (Å²) in [7, 11) is 0. The van der Waals surface area contributed by atoms with E-state index in [9.17, 15) is 27.5 Å². The van der Waals surface area contributed by atoms with Gasteiger partial charge in [-0.25, -0.2) is 22.5 Å². The maximum atomic E-state index is 13.5. The number of rotatable bonds is 9. The van der Waals surface area contributed by atoms with E-state index in [1.54, 1.807) is 24.9 Å². The van der Waals surface area contributed by atoms with Gasteiger partial charge in [0.25, 0.3) is 0 Å². The van der Waals surface area contributed by atoms with Gasteiger partial charge in [-0.2, -0.15) is 5.10 Å². The van der Waals surface area contributed by atoms with Crippen molar-refractivity contribution in [2.75, 3.05) is 0 Å². The van der Waals surface area contributed by atoms with Crippen molar-refractivity contribution in [1.29, 1.82) is 0 Å². The molecule has 46 heavy (non-hydrogen) atoms. The molecule has 0 spiro atoms. The van der Waals surface area contributed by atoms with E-state index in [4.69, 9.17) is 39.5 Å². The Labute approximate surface area is 280 Å². The lowest BCUT2D eigenvalue weighted by Gasteiger charge is -2.37. The number of hydrogen-bond donors (Lipinski definition) is 1. The second-order valence-electron chi connectivity index (χ2n) is 12.9. The molecule has 2 aliphatic carbocycles. The standard InChI is InChI=1S/C18H24ClN3O.C15H12Cl2F4O2/c1-13(2)17-8-5-15(9-14-3-6-16(19)7-4-14)18(17,23)10-22-12-20-11-21-22;1-15(2)7(3-10(16)17)11(15)14(22)23-5-6-12(20)8(18)4-9(19)13(6)21/h3-4,6-7,11-13,15,17,23H,5,8-10H2,1-2H3;3-4,7,11H,5H2,1-2H3/t;7-,11+/m.1/s1. The number of carbonyl (C=O) groups excluding carboxylic acids is 1. The van der Waals surface area contributed by atoms with Gasteiger partial charge < -0.3 is 9.84 Å². The van der Waals surface area contributed by atoms with Crippen LogP contribution in [-0.4, -0.2) is 31.4 Å². The van der Waals surface area contributed by atoms with Crippen LogP contribution < -0.4 is 0 Å². The van der Waals surface area contributed by atoms with Gasteiger partial charge in [0.2, 0.25) is 0 Å². The average Bonchev–Trinajstić information content (AvgIpc) is 3.31. The van der Waals surface area contributed by atoms with Crippen LogP contribution in [0.4, 0.5) is 17.6 Å². The van der Waals surface area contributed by atoms with Crippen molar-refractivity contribution in [3.05, 3.63) is 93.0 Å². The summed E-state index contributed by atoms with van der Waals surface area (Å²) >= 11 is 17.1. The van der Waals surface area contributed by atoms with Gasteiger partial charge in [-0.3, -0.25) is 9.48 Å². The summed E-state index contributed by atoms with van der Waals surface area (Å²) in [4.78, 5) is 16.0. The van der Waals surface area contributed by atoms with Gasteiger partial charge in [0.1, 0.15) is 23.8 Å². The van der Waals surface area contributed by atoms with Crippen LogP contribution in [0.1, 0.15) is 51.7 Å². The molecule has 0 saturated heterocycles. The first kappa shape index (κ1) is 36.2. The highest BCUT2D eigenvalue weighted by molar-refractivity contribution is 6.55. The molecule has 13 heteroatoms. The predicted molar refractivity (Wildman–Crippen MR) is 168 cm³/mol. The highest BCUT2D eigenvalue weighted by Crippen LogP contribution is 2.60. The summed E-state index contributed by atoms with van der Waals surface area (Å²) < 4.78 is 59.7. The van der Waals surface area contributed by atoms with Crippen LogP contribution in [0, 0.1) is 58.3 Å². The number of halogens is 7. The first-order chi connectivity index (χ1) is 21.6. The summed E-state index contributed by atoms with van der Waals surface area (Å²) in [5.74, 6) is -7.01. The summed E-state index contributed by atoms with van der Waals surface area (Å²) in [6.45, 7) is 7.51. The molecule has 5 rings (SSSR count). The van der Waals surface area contributed by atoms with E-state index in [0.717, 1.165) is 24.3 Å². The lowest BCUT2D eigenvalue weighted by atomic mass is 9.76. The SMILES string of the molecule is CC(C)C1CCC(Cc2ccc(Cl)cc2)C1(O)Cn1cncn1.CC1(C)[C@H](C=C(Cl)Cl)[C@H]1C(=O)OCc1c(F)c(F)cc(F)c1F. The molecule has 2 saturated carbocycles. The maximum absolute atomic E-state index is 13.5. The molecule has 6 nitrogen and oxygen atoms in total. The van der Waals surface area contributed by atoms with Gasteiger partial charge in [-0.1, -0.05) is 74.6 Å². The molecule has 3 unspecified atom stereocenters. The fourth-order valence-electron chi connectivity index (χ4n) is 6.66. The molecule has 0 aliphatic heterocycles. The monoisotopic (exact) mass is 703 g/mol. The van der Waals surface area contributed by atoms with Crippen LogP contribution in [0.2, 0.25) is 5.02 Å². The highest BCUT2D eigenvalue weighted by Gasteiger charge is 2.61. The van der Waals surface area contributed by atoms with Gasteiger partial charge in [0, 0.05) is 11.1 Å². The average molecular weight is 705 g/mol. The minimum atomic E-state index is -1.59. The molecule has 0 radical (unpaired) electrons. The third-order valence-electron chi connectivity index (χ3n) is 9.29. The Hall–Kier alpha value is -2.66. The van der Waals surface area contributed by atoms with E-state index >= 15 is 0 Å². The lowest BCUT2D eigenvalue weighted by Crippen LogP contribution is -2.46. The van der Waals surface area contributed by atoms with Gasteiger partial charge in [-0.05, 0) is 72.1 Å². The van der Waals surface area contributed by atoms with E-state index in [1.807, 2.05) is 12.1 Å². The smallest absolute Gasteiger partial charge is 0.310 e. The Morgan fingerprint density at radius 3 is 2.28 bits per heavy atom. The van der Waals surface area contributed by atoms with E-state index in [-0.39, 0.29) is 28.3 Å². The van der Waals surface area contributed by atoms with Gasteiger partial charge in [-0.15, -0.1) is 0 Å². The normalized spacial score (nSPS) is 24.7. The van der Waals surface area contributed by atoms with Crippen molar-refractivity contribution >= 4 is 40.8 Å². The summed E-state index contributed by atoms with van der Waals surface area (Å²) in [6, 6.07) is 8.04. The van der Waals surface area contributed by atoms with Gasteiger partial charge in [0.05, 0.1) is 23.6 Å².